The van der Waals surface area contributed by atoms with Gasteiger partial charge in [-0.25, -0.2) is 0 Å². The number of aliphatic hydroxyl groups excluding tert-OH is 1. The van der Waals surface area contributed by atoms with E-state index in [1.165, 1.54) is 0 Å². The largest absolute Gasteiger partial charge is 0.389 e. The molecule has 1 N–H and O–H groups in total. The van der Waals surface area contributed by atoms with Gasteiger partial charge in [-0.2, -0.15) is 4.98 Å². The van der Waals surface area contributed by atoms with Gasteiger partial charge in [-0.05, 0) is 13.0 Å². The molecule has 1 heterocycles. The second-order valence-corrected chi connectivity index (χ2v) is 5.01. The van der Waals surface area contributed by atoms with Crippen LogP contribution >= 0.6 is 0 Å². The van der Waals surface area contributed by atoms with E-state index in [9.17, 15) is 5.11 Å². The molecule has 0 aliphatic carbocycles. The fourth-order valence-corrected chi connectivity index (χ4v) is 1.70. The lowest BCUT2D eigenvalue weighted by Gasteiger charge is -2.18. The number of hydrogen-bond donors (Lipinski definition) is 1. The molecule has 0 fully saturated rings. The van der Waals surface area contributed by atoms with Crippen molar-refractivity contribution in [2.75, 3.05) is 27.3 Å². The van der Waals surface area contributed by atoms with Crippen molar-refractivity contribution in [3.8, 4) is 0 Å². The minimum Gasteiger partial charge on any atom is -0.389 e. The molecule has 0 aliphatic heterocycles. The summed E-state index contributed by atoms with van der Waals surface area (Å²) in [6.45, 7) is 5.62. The van der Waals surface area contributed by atoms with Gasteiger partial charge in [-0.15, -0.1) is 0 Å². The monoisotopic (exact) mass is 257 g/mol. The molecule has 0 saturated heterocycles. The molecule has 1 unspecified atom stereocenters. The van der Waals surface area contributed by atoms with Crippen molar-refractivity contribution in [3.05, 3.63) is 11.7 Å². The fraction of sp³-hybridized carbons (Fsp3) is 0.833. The molecule has 6 nitrogen and oxygen atoms in total. The number of methoxy groups -OCH3 is 1. The smallest absolute Gasteiger partial charge is 0.226 e. The Balaban J connectivity index is 2.39. The zero-order valence-corrected chi connectivity index (χ0v) is 11.6. The Morgan fingerprint density at radius 3 is 2.78 bits per heavy atom. The Bertz CT molecular complexity index is 341. The van der Waals surface area contributed by atoms with Crippen molar-refractivity contribution in [1.29, 1.82) is 0 Å². The minimum absolute atomic E-state index is 0.329. The van der Waals surface area contributed by atoms with E-state index in [1.807, 2.05) is 11.9 Å². The highest BCUT2D eigenvalue weighted by atomic mass is 16.5. The Kier molecular flexibility index (Phi) is 6.24. The van der Waals surface area contributed by atoms with E-state index in [0.29, 0.717) is 37.3 Å². The van der Waals surface area contributed by atoms with Gasteiger partial charge in [0.25, 0.3) is 0 Å². The van der Waals surface area contributed by atoms with Gasteiger partial charge < -0.3 is 14.4 Å². The van der Waals surface area contributed by atoms with Crippen LogP contribution in [0.2, 0.25) is 0 Å². The molecule has 0 radical (unpaired) electrons. The molecule has 0 aliphatic rings. The molecule has 0 saturated carbocycles. The third kappa shape index (κ3) is 5.57. The Morgan fingerprint density at radius 2 is 2.17 bits per heavy atom. The molecule has 0 aromatic carbocycles. The maximum absolute atomic E-state index is 9.59. The molecule has 104 valence electrons. The summed E-state index contributed by atoms with van der Waals surface area (Å²) in [4.78, 5) is 6.25. The van der Waals surface area contributed by atoms with E-state index in [2.05, 4.69) is 24.0 Å². The van der Waals surface area contributed by atoms with Crippen LogP contribution in [-0.4, -0.2) is 53.6 Å². The number of aliphatic hydroxyl groups is 1. The number of hydrogen-bond acceptors (Lipinski definition) is 6. The molecule has 0 amide bonds. The van der Waals surface area contributed by atoms with Crippen molar-refractivity contribution in [2.45, 2.75) is 32.9 Å². The van der Waals surface area contributed by atoms with Crippen molar-refractivity contribution >= 4 is 0 Å². The van der Waals surface area contributed by atoms with Crippen molar-refractivity contribution in [3.63, 3.8) is 0 Å². The third-order valence-electron chi connectivity index (χ3n) is 2.39. The van der Waals surface area contributed by atoms with Gasteiger partial charge in [-0.3, -0.25) is 4.90 Å². The van der Waals surface area contributed by atoms with Crippen molar-refractivity contribution in [1.82, 2.24) is 15.0 Å². The topological polar surface area (TPSA) is 71.6 Å². The lowest BCUT2D eigenvalue weighted by Crippen LogP contribution is -2.31. The highest BCUT2D eigenvalue weighted by molar-refractivity contribution is 4.87. The first kappa shape index (κ1) is 15.1. The van der Waals surface area contributed by atoms with Gasteiger partial charge in [0.15, 0.2) is 5.82 Å². The lowest BCUT2D eigenvalue weighted by molar-refractivity contribution is 0.0413. The Labute approximate surface area is 108 Å². The van der Waals surface area contributed by atoms with Gasteiger partial charge in [0.1, 0.15) is 0 Å². The van der Waals surface area contributed by atoms with E-state index < -0.39 is 6.10 Å². The predicted octanol–water partition coefficient (Wildman–Crippen LogP) is 0.707. The summed E-state index contributed by atoms with van der Waals surface area (Å²) in [6, 6.07) is 0. The van der Waals surface area contributed by atoms with Crippen LogP contribution in [0.25, 0.3) is 0 Å². The maximum atomic E-state index is 9.59. The summed E-state index contributed by atoms with van der Waals surface area (Å²) in [5, 5.41) is 13.5. The number of nitrogens with zero attached hydrogens (tertiary/aromatic N) is 3. The summed E-state index contributed by atoms with van der Waals surface area (Å²) < 4.78 is 10.0. The van der Waals surface area contributed by atoms with Crippen LogP contribution in [0.5, 0.6) is 0 Å². The molecule has 18 heavy (non-hydrogen) atoms. The van der Waals surface area contributed by atoms with E-state index in [-0.39, 0.29) is 0 Å². The van der Waals surface area contributed by atoms with Crippen LogP contribution in [0.15, 0.2) is 4.52 Å². The minimum atomic E-state index is -0.498. The van der Waals surface area contributed by atoms with E-state index >= 15 is 0 Å². The normalized spacial score (nSPS) is 13.5. The molecule has 6 heteroatoms. The maximum Gasteiger partial charge on any atom is 0.226 e. The first-order valence-electron chi connectivity index (χ1n) is 6.18. The number of rotatable bonds is 8. The summed E-state index contributed by atoms with van der Waals surface area (Å²) in [5.41, 5.74) is 0. The van der Waals surface area contributed by atoms with Crippen LogP contribution < -0.4 is 0 Å². The molecule has 1 aromatic rings. The summed E-state index contributed by atoms with van der Waals surface area (Å²) >= 11 is 0. The molecule has 1 aromatic heterocycles. The highest BCUT2D eigenvalue weighted by Crippen LogP contribution is 2.06. The van der Waals surface area contributed by atoms with Crippen LogP contribution in [-0.2, 0) is 17.7 Å². The van der Waals surface area contributed by atoms with Crippen LogP contribution in [0.4, 0.5) is 0 Å². The SMILES string of the molecule is COCC(O)CN(C)Cc1noc(CC(C)C)n1. The van der Waals surface area contributed by atoms with Crippen LogP contribution in [0.1, 0.15) is 25.6 Å². The first-order chi connectivity index (χ1) is 8.51. The number of aromatic nitrogens is 2. The van der Waals surface area contributed by atoms with Gasteiger partial charge in [0.05, 0.1) is 19.3 Å². The standard InChI is InChI=1S/C12H23N3O3/c1-9(2)5-12-13-11(14-18-12)7-15(3)6-10(16)8-17-4/h9-10,16H,5-8H2,1-4H3. The van der Waals surface area contributed by atoms with E-state index in [1.54, 1.807) is 7.11 Å². The third-order valence-corrected chi connectivity index (χ3v) is 2.39. The second-order valence-electron chi connectivity index (χ2n) is 5.01. The quantitative estimate of drug-likeness (QED) is 0.739. The molecule has 1 rings (SSSR count). The van der Waals surface area contributed by atoms with E-state index in [4.69, 9.17) is 9.26 Å². The first-order valence-corrected chi connectivity index (χ1v) is 6.18. The van der Waals surface area contributed by atoms with E-state index in [0.717, 1.165) is 6.42 Å². The predicted molar refractivity (Wildman–Crippen MR) is 67.1 cm³/mol. The zero-order chi connectivity index (χ0) is 13.5. The molecular formula is C12H23N3O3. The average Bonchev–Trinajstić information content (AvgIpc) is 2.64. The summed E-state index contributed by atoms with van der Waals surface area (Å²) in [6.07, 6.45) is 0.297. The molecule has 1 atom stereocenters. The fourth-order valence-electron chi connectivity index (χ4n) is 1.70. The van der Waals surface area contributed by atoms with Crippen molar-refractivity contribution < 1.29 is 14.4 Å². The molecule has 0 spiro atoms. The second kappa shape index (κ2) is 7.45. The van der Waals surface area contributed by atoms with Gasteiger partial charge in [0, 0.05) is 20.1 Å². The molecular weight excluding hydrogens is 234 g/mol. The summed E-state index contributed by atoms with van der Waals surface area (Å²) in [7, 11) is 3.47. The van der Waals surface area contributed by atoms with Crippen LogP contribution in [0, 0.1) is 5.92 Å². The number of ether oxygens (including phenoxy) is 1. The van der Waals surface area contributed by atoms with Gasteiger partial charge >= 0.3 is 0 Å². The van der Waals surface area contributed by atoms with Crippen LogP contribution in [0.3, 0.4) is 0 Å². The average molecular weight is 257 g/mol. The van der Waals surface area contributed by atoms with Gasteiger partial charge in [-0.1, -0.05) is 19.0 Å². The number of likely N-dealkylation sites (N-methyl/N-ethyl adjacent to an activating group) is 1. The van der Waals surface area contributed by atoms with Crippen molar-refractivity contribution in [2.24, 2.45) is 5.92 Å². The Morgan fingerprint density at radius 1 is 1.44 bits per heavy atom. The molecule has 0 bridgehead atoms. The van der Waals surface area contributed by atoms with Gasteiger partial charge in [0.2, 0.25) is 5.89 Å². The Hall–Kier alpha value is -0.980. The zero-order valence-electron chi connectivity index (χ0n) is 11.6. The highest BCUT2D eigenvalue weighted by Gasteiger charge is 2.12. The summed E-state index contributed by atoms with van der Waals surface area (Å²) in [5.74, 6) is 1.82. The lowest BCUT2D eigenvalue weighted by atomic mass is 10.1.